The van der Waals surface area contributed by atoms with Crippen molar-refractivity contribution in [3.63, 3.8) is 0 Å². The lowest BCUT2D eigenvalue weighted by Crippen LogP contribution is -2.45. The quantitative estimate of drug-likeness (QED) is 0.471. The number of anilines is 2. The fourth-order valence-electron chi connectivity index (χ4n) is 4.85. The lowest BCUT2D eigenvalue weighted by Gasteiger charge is -2.43. The molecule has 4 radical (unpaired) electrons. The van der Waals surface area contributed by atoms with E-state index in [1.165, 1.54) is 11.8 Å². The van der Waals surface area contributed by atoms with E-state index < -0.39 is 5.40 Å². The second-order valence-corrected chi connectivity index (χ2v) is 10.3. The molecule has 1 spiro atoms. The van der Waals surface area contributed by atoms with Crippen LogP contribution >= 0.6 is 23.4 Å². The summed E-state index contributed by atoms with van der Waals surface area (Å²) >= 11 is 7.49. The third-order valence-electron chi connectivity index (χ3n) is 6.70. The molecular weight excluding hydrogens is 467 g/mol. The number of fused-ring (bicyclic) bond motifs is 1. The van der Waals surface area contributed by atoms with Gasteiger partial charge in [-0.05, 0) is 42.4 Å². The number of nitrogens with two attached hydrogens (primary N) is 2. The highest BCUT2D eigenvalue weighted by molar-refractivity contribution is 7.99. The first-order valence-electron chi connectivity index (χ1n) is 10.9. The Morgan fingerprint density at radius 1 is 1.18 bits per heavy atom. The number of halogens is 1. The standard InChI is InChI=1S/C22H22B2ClN7OS/c23-22(24,33)18-20(30-11-15(31-18)34-14-3-7-29-19(27)16(14)25)32-8-4-21(5-9-32)10-13-12(17(21)26)2-1-6-28-13/h1-3,6-7,11,17,33H,4-5,8-10,26H2,(H2,27,29). The molecule has 1 fully saturated rings. The van der Waals surface area contributed by atoms with Crippen molar-refractivity contribution in [2.45, 2.75) is 40.6 Å². The van der Waals surface area contributed by atoms with Crippen LogP contribution in [0.2, 0.25) is 5.02 Å². The van der Waals surface area contributed by atoms with Gasteiger partial charge in [0.2, 0.25) is 0 Å². The van der Waals surface area contributed by atoms with Gasteiger partial charge in [0.15, 0.2) is 5.82 Å². The minimum absolute atomic E-state index is 0.0453. The summed E-state index contributed by atoms with van der Waals surface area (Å²) in [5, 5.41) is 9.11. The molecule has 0 aromatic carbocycles. The van der Waals surface area contributed by atoms with Crippen molar-refractivity contribution < 1.29 is 5.11 Å². The van der Waals surface area contributed by atoms with E-state index in [0.717, 1.165) is 30.5 Å². The number of aromatic nitrogens is 4. The molecule has 1 unspecified atom stereocenters. The molecule has 3 aromatic heterocycles. The van der Waals surface area contributed by atoms with E-state index in [2.05, 4.69) is 26.0 Å². The molecular formula is C22H22B2ClN7OS. The third kappa shape index (κ3) is 4.15. The monoisotopic (exact) mass is 489 g/mol. The Kier molecular flexibility index (Phi) is 6.00. The first-order valence-corrected chi connectivity index (χ1v) is 12.1. The van der Waals surface area contributed by atoms with Crippen LogP contribution in [0.15, 0.2) is 46.7 Å². The van der Waals surface area contributed by atoms with Crippen molar-refractivity contribution in [1.82, 2.24) is 19.9 Å². The number of piperidine rings is 1. The van der Waals surface area contributed by atoms with E-state index in [1.807, 2.05) is 17.2 Å². The maximum Gasteiger partial charge on any atom is 0.151 e. The van der Waals surface area contributed by atoms with Gasteiger partial charge in [0, 0.05) is 47.5 Å². The van der Waals surface area contributed by atoms with Crippen LogP contribution in [0.4, 0.5) is 11.6 Å². The number of hydrogen-bond acceptors (Lipinski definition) is 9. The fraction of sp³-hybridized carbons (Fsp3) is 0.364. The number of hydrogen-bond donors (Lipinski definition) is 3. The molecule has 0 bridgehead atoms. The van der Waals surface area contributed by atoms with Gasteiger partial charge in [-0.1, -0.05) is 29.4 Å². The van der Waals surface area contributed by atoms with E-state index in [1.54, 1.807) is 18.5 Å². The Morgan fingerprint density at radius 2 is 1.94 bits per heavy atom. The molecule has 0 amide bonds. The number of pyridine rings is 2. The maximum absolute atomic E-state index is 10.5. The van der Waals surface area contributed by atoms with Crippen LogP contribution in [0.25, 0.3) is 0 Å². The van der Waals surface area contributed by atoms with E-state index in [9.17, 15) is 5.11 Å². The number of nitrogens with zero attached hydrogens (tertiary/aromatic N) is 5. The fourth-order valence-corrected chi connectivity index (χ4v) is 5.87. The van der Waals surface area contributed by atoms with Crippen molar-refractivity contribution in [3.8, 4) is 0 Å². The first-order chi connectivity index (χ1) is 16.2. The van der Waals surface area contributed by atoms with Crippen molar-refractivity contribution in [2.75, 3.05) is 23.7 Å². The zero-order chi connectivity index (χ0) is 24.1. The van der Waals surface area contributed by atoms with Gasteiger partial charge in [-0.15, -0.1) is 0 Å². The summed E-state index contributed by atoms with van der Waals surface area (Å²) in [5.74, 6) is 0.671. The molecule has 1 aliphatic heterocycles. The van der Waals surface area contributed by atoms with Gasteiger partial charge in [-0.2, -0.15) is 0 Å². The Bertz CT molecular complexity index is 1230. The van der Waals surface area contributed by atoms with Gasteiger partial charge >= 0.3 is 0 Å². The van der Waals surface area contributed by atoms with E-state index >= 15 is 0 Å². The molecule has 1 aliphatic carbocycles. The van der Waals surface area contributed by atoms with Crippen LogP contribution in [0.5, 0.6) is 0 Å². The lowest BCUT2D eigenvalue weighted by molar-refractivity contribution is 0.184. The van der Waals surface area contributed by atoms with Gasteiger partial charge in [-0.25, -0.2) is 15.0 Å². The molecule has 34 heavy (non-hydrogen) atoms. The molecule has 1 saturated heterocycles. The summed E-state index contributed by atoms with van der Waals surface area (Å²) in [5.41, 5.74) is 14.7. The Balaban J connectivity index is 1.39. The molecule has 5 rings (SSSR count). The van der Waals surface area contributed by atoms with Gasteiger partial charge < -0.3 is 21.5 Å². The van der Waals surface area contributed by atoms with Crippen LogP contribution in [-0.2, 0) is 11.8 Å². The van der Waals surface area contributed by atoms with E-state index in [4.69, 9.17) is 38.8 Å². The highest BCUT2D eigenvalue weighted by Gasteiger charge is 2.47. The van der Waals surface area contributed by atoms with Gasteiger partial charge in [0.05, 0.1) is 16.9 Å². The number of nitrogen functional groups attached to an aromatic ring is 1. The summed E-state index contributed by atoms with van der Waals surface area (Å²) in [4.78, 5) is 20.3. The SMILES string of the molecule is [B]C([B])(O)c1nc(Sc2ccnc(N)c2Cl)cnc1N1CCC2(CC1)Cc1ncccc1C2N. The largest absolute Gasteiger partial charge is 0.403 e. The van der Waals surface area contributed by atoms with E-state index in [0.29, 0.717) is 33.9 Å². The van der Waals surface area contributed by atoms with Crippen molar-refractivity contribution in [3.05, 3.63) is 58.8 Å². The summed E-state index contributed by atoms with van der Waals surface area (Å²) in [6.07, 6.45) is 7.54. The van der Waals surface area contributed by atoms with Crippen LogP contribution in [0.1, 0.15) is 35.8 Å². The second kappa shape index (κ2) is 8.71. The van der Waals surface area contributed by atoms with Crippen molar-refractivity contribution in [1.29, 1.82) is 0 Å². The van der Waals surface area contributed by atoms with E-state index in [-0.39, 0.29) is 23.0 Å². The Labute approximate surface area is 209 Å². The highest BCUT2D eigenvalue weighted by Crippen LogP contribution is 2.50. The molecule has 1 atom stereocenters. The summed E-state index contributed by atoms with van der Waals surface area (Å²) in [6.45, 7) is 1.36. The number of rotatable bonds is 4. The maximum atomic E-state index is 10.5. The zero-order valence-corrected chi connectivity index (χ0v) is 19.9. The zero-order valence-electron chi connectivity index (χ0n) is 18.4. The highest BCUT2D eigenvalue weighted by atomic mass is 35.5. The molecule has 2 aliphatic rings. The molecule has 12 heteroatoms. The predicted octanol–water partition coefficient (Wildman–Crippen LogP) is 1.94. The Morgan fingerprint density at radius 3 is 2.65 bits per heavy atom. The molecule has 8 nitrogen and oxygen atoms in total. The average molecular weight is 490 g/mol. The second-order valence-electron chi connectivity index (χ2n) is 8.86. The topological polar surface area (TPSA) is 127 Å². The molecule has 3 aromatic rings. The predicted molar refractivity (Wildman–Crippen MR) is 134 cm³/mol. The molecule has 0 saturated carbocycles. The summed E-state index contributed by atoms with van der Waals surface area (Å²) < 4.78 is 0. The minimum atomic E-state index is -2.17. The number of aliphatic hydroxyl groups is 1. The first kappa shape index (κ1) is 23.4. The van der Waals surface area contributed by atoms with Crippen LogP contribution in [0.3, 0.4) is 0 Å². The van der Waals surface area contributed by atoms with Crippen LogP contribution in [0, 0.1) is 5.41 Å². The van der Waals surface area contributed by atoms with Gasteiger partial charge in [0.1, 0.15) is 26.5 Å². The third-order valence-corrected chi connectivity index (χ3v) is 8.18. The van der Waals surface area contributed by atoms with Gasteiger partial charge in [-0.3, -0.25) is 4.98 Å². The summed E-state index contributed by atoms with van der Waals surface area (Å²) in [7, 11) is 11.8. The molecule has 4 heterocycles. The lowest BCUT2D eigenvalue weighted by atomic mass is 9.63. The van der Waals surface area contributed by atoms with Gasteiger partial charge in [0.25, 0.3) is 0 Å². The van der Waals surface area contributed by atoms with Crippen molar-refractivity contribution in [2.24, 2.45) is 11.1 Å². The molecule has 170 valence electrons. The van der Waals surface area contributed by atoms with Crippen LogP contribution < -0.4 is 16.4 Å². The normalized spacial score (nSPS) is 19.4. The smallest absolute Gasteiger partial charge is 0.151 e. The van der Waals surface area contributed by atoms with Crippen LogP contribution in [-0.4, -0.2) is 53.8 Å². The average Bonchev–Trinajstić information content (AvgIpc) is 3.08. The molecule has 5 N–H and O–H groups in total. The van der Waals surface area contributed by atoms with Crippen molar-refractivity contribution >= 4 is 50.7 Å². The Hall–Kier alpha value is -2.33. The minimum Gasteiger partial charge on any atom is -0.403 e. The summed E-state index contributed by atoms with van der Waals surface area (Å²) in [6, 6.07) is 5.67.